The van der Waals surface area contributed by atoms with Crippen LogP contribution in [0.15, 0.2) is 29.2 Å². The minimum atomic E-state index is -4.26. The lowest BCUT2D eigenvalue weighted by atomic mass is 10.1. The number of halogens is 3. The van der Waals surface area contributed by atoms with Crippen molar-refractivity contribution in [3.8, 4) is 0 Å². The van der Waals surface area contributed by atoms with E-state index in [0.717, 1.165) is 44.3 Å². The fourth-order valence-electron chi connectivity index (χ4n) is 2.50. The summed E-state index contributed by atoms with van der Waals surface area (Å²) in [4.78, 5) is 3.00. The molecule has 0 saturated carbocycles. The number of benzene rings is 1. The molecule has 0 aliphatic carbocycles. The van der Waals surface area contributed by atoms with Crippen LogP contribution in [0.25, 0.3) is 0 Å². The van der Waals surface area contributed by atoms with E-state index >= 15 is 0 Å². The Morgan fingerprint density at radius 1 is 1.29 bits per heavy atom. The normalized spacial score (nSPS) is 17.4. The molecule has 0 atom stereocenters. The van der Waals surface area contributed by atoms with Gasteiger partial charge in [-0.15, -0.1) is 11.8 Å². The summed E-state index contributed by atoms with van der Waals surface area (Å²) in [7, 11) is 2.10. The molecule has 1 aromatic rings. The number of alkyl halides is 3. The van der Waals surface area contributed by atoms with Crippen LogP contribution in [0.4, 0.5) is 13.2 Å². The van der Waals surface area contributed by atoms with Gasteiger partial charge in [-0.05, 0) is 51.2 Å². The highest BCUT2D eigenvalue weighted by Crippen LogP contribution is 2.31. The van der Waals surface area contributed by atoms with E-state index in [-0.39, 0.29) is 0 Å². The summed E-state index contributed by atoms with van der Waals surface area (Å²) in [5.41, 5.74) is -0.570. The maximum Gasteiger partial charge on any atom is 0.416 e. The smallest absolute Gasteiger partial charge is 0.317 e. The predicted octanol–water partition coefficient (Wildman–Crippen LogP) is 3.48. The molecule has 2 rings (SSSR count). The van der Waals surface area contributed by atoms with E-state index in [2.05, 4.69) is 17.3 Å². The average molecular weight is 318 g/mol. The summed E-state index contributed by atoms with van der Waals surface area (Å²) >= 11 is 1.49. The number of hydrogen-bond donors (Lipinski definition) is 1. The molecule has 0 amide bonds. The zero-order valence-electron chi connectivity index (χ0n) is 12.1. The van der Waals surface area contributed by atoms with Crippen LogP contribution >= 0.6 is 11.8 Å². The van der Waals surface area contributed by atoms with Gasteiger partial charge in [0.1, 0.15) is 0 Å². The number of nitrogens with one attached hydrogen (secondary N) is 1. The van der Waals surface area contributed by atoms with Crippen LogP contribution in [0.1, 0.15) is 18.4 Å². The van der Waals surface area contributed by atoms with Crippen molar-refractivity contribution in [1.29, 1.82) is 0 Å². The van der Waals surface area contributed by atoms with E-state index in [9.17, 15) is 13.2 Å². The van der Waals surface area contributed by atoms with Crippen molar-refractivity contribution in [1.82, 2.24) is 10.2 Å². The fraction of sp³-hybridized carbons (Fsp3) is 0.600. The Bertz CT molecular complexity index is 445. The van der Waals surface area contributed by atoms with Gasteiger partial charge in [-0.25, -0.2) is 0 Å². The molecule has 0 bridgehead atoms. The van der Waals surface area contributed by atoms with Crippen molar-refractivity contribution in [2.45, 2.75) is 30.0 Å². The second kappa shape index (κ2) is 7.51. The maximum atomic E-state index is 12.6. The molecule has 21 heavy (non-hydrogen) atoms. The first kappa shape index (κ1) is 16.6. The highest BCUT2D eigenvalue weighted by molar-refractivity contribution is 7.99. The highest BCUT2D eigenvalue weighted by Gasteiger charge is 2.30. The molecule has 2 nitrogen and oxygen atoms in total. The molecular weight excluding hydrogens is 297 g/mol. The van der Waals surface area contributed by atoms with Gasteiger partial charge in [0.05, 0.1) is 5.56 Å². The Hall–Kier alpha value is -0.720. The molecule has 118 valence electrons. The van der Waals surface area contributed by atoms with Crippen molar-refractivity contribution < 1.29 is 13.2 Å². The summed E-state index contributed by atoms with van der Waals surface area (Å²) in [5, 5.41) is 3.33. The van der Waals surface area contributed by atoms with Gasteiger partial charge in [0.15, 0.2) is 0 Å². The Balaban J connectivity index is 1.80. The lowest BCUT2D eigenvalue weighted by molar-refractivity contribution is -0.137. The Labute approximate surface area is 128 Å². The second-order valence-corrected chi connectivity index (χ2v) is 6.50. The highest BCUT2D eigenvalue weighted by atomic mass is 32.2. The van der Waals surface area contributed by atoms with Crippen molar-refractivity contribution in [3.05, 3.63) is 29.8 Å². The topological polar surface area (TPSA) is 15.3 Å². The van der Waals surface area contributed by atoms with Gasteiger partial charge >= 0.3 is 6.18 Å². The first-order chi connectivity index (χ1) is 9.97. The molecule has 1 aliphatic rings. The predicted molar refractivity (Wildman–Crippen MR) is 80.7 cm³/mol. The molecular formula is C15H21F3N2S. The number of rotatable bonds is 5. The fourth-order valence-corrected chi connectivity index (χ4v) is 3.50. The third kappa shape index (κ3) is 5.20. The van der Waals surface area contributed by atoms with Gasteiger partial charge in [0, 0.05) is 23.2 Å². The molecule has 1 aromatic carbocycles. The van der Waals surface area contributed by atoms with Crippen LogP contribution in [0, 0.1) is 0 Å². The minimum absolute atomic E-state index is 0.570. The average Bonchev–Trinajstić information content (AvgIpc) is 2.47. The van der Waals surface area contributed by atoms with E-state index in [1.165, 1.54) is 23.9 Å². The lowest BCUT2D eigenvalue weighted by Crippen LogP contribution is -2.41. The molecule has 1 heterocycles. The van der Waals surface area contributed by atoms with E-state index in [4.69, 9.17) is 0 Å². The van der Waals surface area contributed by atoms with E-state index in [1.54, 1.807) is 6.07 Å². The van der Waals surface area contributed by atoms with Crippen LogP contribution < -0.4 is 5.32 Å². The van der Waals surface area contributed by atoms with Crippen molar-refractivity contribution in [2.24, 2.45) is 0 Å². The van der Waals surface area contributed by atoms with Crippen LogP contribution in [-0.2, 0) is 6.18 Å². The van der Waals surface area contributed by atoms with Crippen molar-refractivity contribution >= 4 is 11.8 Å². The SMILES string of the molecule is CN(CCSc1cccc(C(F)(F)F)c1)C1CCNCC1. The van der Waals surface area contributed by atoms with Crippen LogP contribution in [0.2, 0.25) is 0 Å². The Morgan fingerprint density at radius 3 is 2.67 bits per heavy atom. The van der Waals surface area contributed by atoms with Gasteiger partial charge in [-0.2, -0.15) is 13.2 Å². The van der Waals surface area contributed by atoms with E-state index in [1.807, 2.05) is 0 Å². The second-order valence-electron chi connectivity index (χ2n) is 5.34. The molecule has 1 fully saturated rings. The van der Waals surface area contributed by atoms with Crippen LogP contribution in [0.5, 0.6) is 0 Å². The number of piperidine rings is 1. The molecule has 0 unspecified atom stereocenters. The summed E-state index contributed by atoms with van der Waals surface area (Å²) in [5.74, 6) is 0.807. The number of thioether (sulfide) groups is 1. The van der Waals surface area contributed by atoms with E-state index < -0.39 is 11.7 Å². The minimum Gasteiger partial charge on any atom is -0.317 e. The van der Waals surface area contributed by atoms with Gasteiger partial charge in [0.25, 0.3) is 0 Å². The zero-order chi connectivity index (χ0) is 15.3. The molecule has 0 aromatic heterocycles. The van der Waals surface area contributed by atoms with Gasteiger partial charge in [-0.3, -0.25) is 0 Å². The maximum absolute atomic E-state index is 12.6. The van der Waals surface area contributed by atoms with Crippen molar-refractivity contribution in [2.75, 3.05) is 32.4 Å². The first-order valence-corrected chi connectivity index (χ1v) is 8.16. The van der Waals surface area contributed by atoms with E-state index in [0.29, 0.717) is 10.9 Å². The summed E-state index contributed by atoms with van der Waals surface area (Å²) < 4.78 is 37.9. The standard InChI is InChI=1S/C15H21F3N2S/c1-20(13-5-7-19-8-6-13)9-10-21-14-4-2-3-12(11-14)15(16,17)18/h2-4,11,13,19H,5-10H2,1H3. The number of hydrogen-bond acceptors (Lipinski definition) is 3. The van der Waals surface area contributed by atoms with Crippen molar-refractivity contribution in [3.63, 3.8) is 0 Å². The van der Waals surface area contributed by atoms with Gasteiger partial charge in [0.2, 0.25) is 0 Å². The Kier molecular flexibility index (Phi) is 5.96. The molecule has 6 heteroatoms. The number of nitrogens with zero attached hydrogens (tertiary/aromatic N) is 1. The van der Waals surface area contributed by atoms with Gasteiger partial charge in [-0.1, -0.05) is 6.07 Å². The zero-order valence-corrected chi connectivity index (χ0v) is 12.9. The lowest BCUT2D eigenvalue weighted by Gasteiger charge is -2.31. The van der Waals surface area contributed by atoms with Crippen LogP contribution in [0.3, 0.4) is 0 Å². The summed E-state index contributed by atoms with van der Waals surface area (Å²) in [6.45, 7) is 3.00. The third-order valence-corrected chi connectivity index (χ3v) is 4.78. The molecule has 1 N–H and O–H groups in total. The summed E-state index contributed by atoms with van der Waals surface area (Å²) in [6, 6.07) is 6.15. The third-order valence-electron chi connectivity index (χ3n) is 3.81. The monoisotopic (exact) mass is 318 g/mol. The van der Waals surface area contributed by atoms with Crippen LogP contribution in [-0.4, -0.2) is 43.4 Å². The first-order valence-electron chi connectivity index (χ1n) is 7.18. The summed E-state index contributed by atoms with van der Waals surface area (Å²) in [6.07, 6.45) is -1.97. The van der Waals surface area contributed by atoms with Gasteiger partial charge < -0.3 is 10.2 Å². The Morgan fingerprint density at radius 2 is 2.00 bits per heavy atom. The molecule has 1 saturated heterocycles. The quantitative estimate of drug-likeness (QED) is 0.837. The molecule has 0 spiro atoms. The molecule has 1 aliphatic heterocycles. The molecule has 0 radical (unpaired) electrons. The largest absolute Gasteiger partial charge is 0.416 e.